The molecular formula is C20H23Cl2FN6O3S. The third kappa shape index (κ3) is 4.91. The quantitative estimate of drug-likeness (QED) is 0.512. The summed E-state index contributed by atoms with van der Waals surface area (Å²) in [7, 11) is -1.86. The maximum absolute atomic E-state index is 15.2. The van der Waals surface area contributed by atoms with Crippen molar-refractivity contribution in [2.24, 2.45) is 0 Å². The summed E-state index contributed by atoms with van der Waals surface area (Å²) in [6.45, 7) is 2.29. The Morgan fingerprint density at radius 2 is 2.09 bits per heavy atom. The molecule has 0 bridgehead atoms. The van der Waals surface area contributed by atoms with Gasteiger partial charge in [0.05, 0.1) is 36.3 Å². The molecule has 0 aliphatic carbocycles. The first-order valence-electron chi connectivity index (χ1n) is 9.81. The van der Waals surface area contributed by atoms with E-state index in [4.69, 9.17) is 16.3 Å². The van der Waals surface area contributed by atoms with Crippen LogP contribution in [0.25, 0.3) is 16.7 Å². The number of imidazole rings is 1. The molecule has 1 unspecified atom stereocenters. The molecule has 1 atom stereocenters. The molecule has 1 aliphatic rings. The Balaban J connectivity index is 0.00000306. The molecule has 0 saturated carbocycles. The largest absolute Gasteiger partial charge is 0.496 e. The number of aromatic nitrogens is 4. The summed E-state index contributed by atoms with van der Waals surface area (Å²) in [5.41, 5.74) is 2.68. The average molecular weight is 517 g/mol. The first-order valence-corrected chi connectivity index (χ1v) is 12.0. The summed E-state index contributed by atoms with van der Waals surface area (Å²) in [6, 6.07) is 1.16. The number of benzene rings is 1. The number of anilines is 1. The number of ether oxygens (including phenoxy) is 1. The lowest BCUT2D eigenvalue weighted by molar-refractivity contribution is 0.401. The van der Waals surface area contributed by atoms with Gasteiger partial charge in [0, 0.05) is 18.7 Å². The number of nitrogens with zero attached hydrogens (tertiary/aromatic N) is 4. The van der Waals surface area contributed by atoms with Gasteiger partial charge in [0.2, 0.25) is 10.0 Å². The Hall–Kier alpha value is -2.47. The van der Waals surface area contributed by atoms with Gasteiger partial charge in [-0.2, -0.15) is 4.31 Å². The molecule has 9 nitrogen and oxygen atoms in total. The zero-order valence-corrected chi connectivity index (χ0v) is 20.5. The van der Waals surface area contributed by atoms with Crippen LogP contribution in [0, 0.1) is 5.82 Å². The van der Waals surface area contributed by atoms with Crippen molar-refractivity contribution in [2.45, 2.75) is 19.4 Å². The van der Waals surface area contributed by atoms with Gasteiger partial charge in [0.15, 0.2) is 17.3 Å². The first kappa shape index (κ1) is 25.2. The second-order valence-corrected chi connectivity index (χ2v) is 9.85. The third-order valence-corrected chi connectivity index (χ3v) is 6.95. The molecule has 3 aromatic rings. The van der Waals surface area contributed by atoms with E-state index in [2.05, 4.69) is 25.3 Å². The summed E-state index contributed by atoms with van der Waals surface area (Å²) in [5.74, 6) is 0.266. The summed E-state index contributed by atoms with van der Waals surface area (Å²) in [4.78, 5) is 15.5. The minimum atomic E-state index is -3.33. The zero-order valence-electron chi connectivity index (χ0n) is 18.1. The zero-order chi connectivity index (χ0) is 23.0. The smallest absolute Gasteiger partial charge is 0.211 e. The van der Waals surface area contributed by atoms with Crippen LogP contribution in [0.15, 0.2) is 24.8 Å². The Labute approximate surface area is 201 Å². The number of hydrogen-bond donors (Lipinski definition) is 2. The van der Waals surface area contributed by atoms with Crippen molar-refractivity contribution in [1.82, 2.24) is 24.2 Å². The second kappa shape index (κ2) is 9.80. The number of rotatable bonds is 6. The van der Waals surface area contributed by atoms with Gasteiger partial charge in [-0.05, 0) is 25.0 Å². The van der Waals surface area contributed by atoms with Gasteiger partial charge in [0.25, 0.3) is 0 Å². The molecule has 13 heteroatoms. The van der Waals surface area contributed by atoms with Crippen LogP contribution in [0.4, 0.5) is 10.2 Å². The van der Waals surface area contributed by atoms with E-state index in [1.807, 2.05) is 6.92 Å². The highest BCUT2D eigenvalue weighted by molar-refractivity contribution is 7.88. The van der Waals surface area contributed by atoms with E-state index in [1.165, 1.54) is 30.1 Å². The van der Waals surface area contributed by atoms with E-state index in [1.54, 1.807) is 6.08 Å². The van der Waals surface area contributed by atoms with Crippen molar-refractivity contribution in [2.75, 3.05) is 31.8 Å². The van der Waals surface area contributed by atoms with Crippen LogP contribution in [-0.4, -0.2) is 59.1 Å². The van der Waals surface area contributed by atoms with Crippen molar-refractivity contribution in [3.63, 3.8) is 0 Å². The van der Waals surface area contributed by atoms with Crippen molar-refractivity contribution in [3.05, 3.63) is 46.8 Å². The van der Waals surface area contributed by atoms with Gasteiger partial charge in [-0.3, -0.25) is 0 Å². The maximum atomic E-state index is 15.2. The Morgan fingerprint density at radius 1 is 1.33 bits per heavy atom. The molecule has 0 saturated heterocycles. The molecule has 1 aromatic carbocycles. The fourth-order valence-electron chi connectivity index (χ4n) is 3.79. The molecule has 2 aromatic heterocycles. The van der Waals surface area contributed by atoms with Crippen LogP contribution in [0.3, 0.4) is 0 Å². The molecule has 2 N–H and O–H groups in total. The van der Waals surface area contributed by atoms with Crippen molar-refractivity contribution < 1.29 is 17.5 Å². The number of halogens is 3. The van der Waals surface area contributed by atoms with Gasteiger partial charge in [-0.1, -0.05) is 17.7 Å². The molecule has 0 spiro atoms. The maximum Gasteiger partial charge on any atom is 0.211 e. The van der Waals surface area contributed by atoms with E-state index in [0.717, 1.165) is 6.26 Å². The number of hydrogen-bond acceptors (Lipinski definition) is 7. The Bertz CT molecular complexity index is 1310. The van der Waals surface area contributed by atoms with Crippen molar-refractivity contribution in [1.29, 1.82) is 0 Å². The normalized spacial score (nSPS) is 15.6. The van der Waals surface area contributed by atoms with E-state index < -0.39 is 15.8 Å². The SMILES string of the molecule is COc1c(C(C)Nc2ncnc3nc[nH]c23)cc(Cl)c(F)c1C1=CCN(S(C)(=O)=O)CC1.Cl. The molecule has 0 fully saturated rings. The third-order valence-electron chi connectivity index (χ3n) is 5.41. The number of H-pyrrole nitrogens is 1. The van der Waals surface area contributed by atoms with Gasteiger partial charge in [-0.15, -0.1) is 12.4 Å². The highest BCUT2D eigenvalue weighted by Crippen LogP contribution is 2.41. The Kier molecular flexibility index (Phi) is 7.47. The van der Waals surface area contributed by atoms with Crippen LogP contribution in [-0.2, 0) is 10.0 Å². The first-order chi connectivity index (χ1) is 15.2. The molecule has 178 valence electrons. The predicted octanol–water partition coefficient (Wildman–Crippen LogP) is 3.80. The molecule has 0 amide bonds. The molecule has 1 aliphatic heterocycles. The van der Waals surface area contributed by atoms with E-state index in [9.17, 15) is 8.42 Å². The van der Waals surface area contributed by atoms with Crippen LogP contribution < -0.4 is 10.1 Å². The highest BCUT2D eigenvalue weighted by atomic mass is 35.5. The summed E-state index contributed by atoms with van der Waals surface area (Å²) < 4.78 is 45.8. The number of methoxy groups -OCH3 is 1. The molecule has 0 radical (unpaired) electrons. The average Bonchev–Trinajstić information content (AvgIpc) is 3.24. The topological polar surface area (TPSA) is 113 Å². The van der Waals surface area contributed by atoms with Crippen LogP contribution in [0.5, 0.6) is 5.75 Å². The molecule has 3 heterocycles. The monoisotopic (exact) mass is 516 g/mol. The number of fused-ring (bicyclic) bond motifs is 1. The summed E-state index contributed by atoms with van der Waals surface area (Å²) in [6.07, 6.45) is 6.11. The van der Waals surface area contributed by atoms with Crippen LogP contribution in [0.1, 0.15) is 30.5 Å². The fourth-order valence-corrected chi connectivity index (χ4v) is 4.77. The van der Waals surface area contributed by atoms with E-state index >= 15 is 4.39 Å². The summed E-state index contributed by atoms with van der Waals surface area (Å²) in [5, 5.41) is 3.22. The van der Waals surface area contributed by atoms with E-state index in [0.29, 0.717) is 40.3 Å². The minimum absolute atomic E-state index is 0. The van der Waals surface area contributed by atoms with Crippen LogP contribution in [0.2, 0.25) is 5.02 Å². The van der Waals surface area contributed by atoms with Gasteiger partial charge in [-0.25, -0.2) is 27.8 Å². The Morgan fingerprint density at radius 3 is 2.73 bits per heavy atom. The second-order valence-electron chi connectivity index (χ2n) is 7.46. The number of nitrogens with one attached hydrogen (secondary N) is 2. The number of sulfonamides is 1. The van der Waals surface area contributed by atoms with Gasteiger partial charge < -0.3 is 15.0 Å². The van der Waals surface area contributed by atoms with Gasteiger partial charge in [0.1, 0.15) is 17.6 Å². The standard InChI is InChI=1S/C20H22ClFN6O3S.ClH/c1-11(27-20-17-19(24-9-23-17)25-10-26-20)13-8-14(21)16(22)15(18(13)31-2)12-4-6-28(7-5-12)32(3,29)30;/h4,8-11H,5-7H2,1-3H3,(H2,23,24,25,26,27);1H. The predicted molar refractivity (Wildman–Crippen MR) is 128 cm³/mol. The highest BCUT2D eigenvalue weighted by Gasteiger charge is 2.28. The minimum Gasteiger partial charge on any atom is -0.496 e. The fraction of sp³-hybridized carbons (Fsp3) is 0.350. The molecule has 33 heavy (non-hydrogen) atoms. The molecule has 4 rings (SSSR count). The molecular weight excluding hydrogens is 494 g/mol. The van der Waals surface area contributed by atoms with E-state index in [-0.39, 0.29) is 42.1 Å². The lowest BCUT2D eigenvalue weighted by Crippen LogP contribution is -2.33. The number of aromatic amines is 1. The lowest BCUT2D eigenvalue weighted by Gasteiger charge is -2.27. The van der Waals surface area contributed by atoms with Gasteiger partial charge >= 0.3 is 0 Å². The van der Waals surface area contributed by atoms with Crippen LogP contribution >= 0.6 is 24.0 Å². The van der Waals surface area contributed by atoms with Crippen molar-refractivity contribution in [3.8, 4) is 5.75 Å². The van der Waals surface area contributed by atoms with Crippen molar-refractivity contribution >= 4 is 56.6 Å². The summed E-state index contributed by atoms with van der Waals surface area (Å²) >= 11 is 6.26. The lowest BCUT2D eigenvalue weighted by atomic mass is 9.94.